The van der Waals surface area contributed by atoms with Gasteiger partial charge in [-0.3, -0.25) is 9.69 Å². The Morgan fingerprint density at radius 3 is 2.39 bits per heavy atom. The topological polar surface area (TPSA) is 111 Å². The summed E-state index contributed by atoms with van der Waals surface area (Å²) in [7, 11) is 1.56. The summed E-state index contributed by atoms with van der Waals surface area (Å²) >= 11 is 1.21. The number of hydrogen-bond donors (Lipinski definition) is 1. The first kappa shape index (κ1) is 32.5. The number of nitrogens with one attached hydrogen (secondary N) is 1. The van der Waals surface area contributed by atoms with Gasteiger partial charge in [0.1, 0.15) is 17.8 Å². The molecule has 0 saturated carbocycles. The van der Waals surface area contributed by atoms with Crippen molar-refractivity contribution < 1.29 is 32.2 Å². The standard InChI is InChI=1S/C32H31F3N6O4S/c1-19(2)26-14-13-25(44-4)16-27(26)41-28(42)17-46-31(41)38-30(43)37-20(3)15-21-5-7-22(8-6-21)29-36-18-40(39-29)23-9-11-24(12-10-23)45-32(33,34)35/h5-14,16,18-20H,15,17H2,1-4H3,(H,37,43)/b38-31-. The highest BCUT2D eigenvalue weighted by atomic mass is 32.2. The highest BCUT2D eigenvalue weighted by Crippen LogP contribution is 2.36. The third-order valence-corrected chi connectivity index (χ3v) is 7.94. The molecule has 1 aliphatic heterocycles. The van der Waals surface area contributed by atoms with Crippen LogP contribution < -0.4 is 19.7 Å². The van der Waals surface area contributed by atoms with E-state index in [2.05, 4.69) is 25.1 Å². The fourth-order valence-corrected chi connectivity index (χ4v) is 5.72. The molecule has 14 heteroatoms. The highest BCUT2D eigenvalue weighted by Gasteiger charge is 2.33. The van der Waals surface area contributed by atoms with Crippen LogP contribution in [-0.4, -0.2) is 57.1 Å². The molecule has 0 radical (unpaired) electrons. The lowest BCUT2D eigenvalue weighted by Gasteiger charge is -2.22. The molecule has 2 heterocycles. The van der Waals surface area contributed by atoms with E-state index in [4.69, 9.17) is 4.74 Å². The second kappa shape index (κ2) is 13.6. The number of amides is 3. The van der Waals surface area contributed by atoms with Crippen molar-refractivity contribution in [2.45, 2.75) is 45.5 Å². The van der Waals surface area contributed by atoms with Crippen molar-refractivity contribution in [2.75, 3.05) is 17.8 Å². The minimum atomic E-state index is -4.76. The van der Waals surface area contributed by atoms with Crippen molar-refractivity contribution in [3.8, 4) is 28.6 Å². The maximum Gasteiger partial charge on any atom is 0.573 e. The third kappa shape index (κ3) is 7.86. The zero-order valence-electron chi connectivity index (χ0n) is 25.4. The molecule has 1 fully saturated rings. The van der Waals surface area contributed by atoms with Crippen molar-refractivity contribution in [1.29, 1.82) is 0 Å². The fourth-order valence-electron chi connectivity index (χ4n) is 4.86. The largest absolute Gasteiger partial charge is 0.573 e. The number of aromatic nitrogens is 3. The van der Waals surface area contributed by atoms with Gasteiger partial charge >= 0.3 is 12.4 Å². The summed E-state index contributed by atoms with van der Waals surface area (Å²) in [5.74, 6) is 0.864. The Kier molecular flexibility index (Phi) is 9.65. The lowest BCUT2D eigenvalue weighted by molar-refractivity contribution is -0.274. The molecule has 1 unspecified atom stereocenters. The molecule has 1 aromatic heterocycles. The first-order valence-corrected chi connectivity index (χ1v) is 15.3. The number of amidine groups is 1. The molecule has 10 nitrogen and oxygen atoms in total. The normalized spacial score (nSPS) is 15.0. The number of benzene rings is 3. The molecule has 1 atom stereocenters. The van der Waals surface area contributed by atoms with E-state index in [1.807, 2.05) is 57.2 Å². The Labute approximate surface area is 267 Å². The van der Waals surface area contributed by atoms with Gasteiger partial charge in [-0.25, -0.2) is 14.5 Å². The Morgan fingerprint density at radius 2 is 1.74 bits per heavy atom. The SMILES string of the molecule is COc1ccc(C(C)C)c(N2C(=O)CS/C2=N\C(=O)NC(C)Cc2ccc(-c3ncn(-c4ccc(OC(F)(F)F)cc4)n3)cc2)c1. The van der Waals surface area contributed by atoms with Gasteiger partial charge in [0.05, 0.1) is 24.2 Å². The van der Waals surface area contributed by atoms with Crippen LogP contribution in [0.15, 0.2) is 78.0 Å². The molecule has 1 saturated heterocycles. The highest BCUT2D eigenvalue weighted by molar-refractivity contribution is 8.15. The zero-order chi connectivity index (χ0) is 33.0. The Hall–Kier alpha value is -4.85. The Bertz CT molecular complexity index is 1740. The van der Waals surface area contributed by atoms with E-state index in [9.17, 15) is 22.8 Å². The molecule has 0 aliphatic carbocycles. The fraction of sp³-hybridized carbons (Fsp3) is 0.281. The summed E-state index contributed by atoms with van der Waals surface area (Å²) in [6.07, 6.45) is -2.77. The molecule has 1 N–H and O–H groups in total. The maximum absolute atomic E-state index is 12.9. The van der Waals surface area contributed by atoms with E-state index in [1.54, 1.807) is 13.2 Å². The number of rotatable bonds is 9. The number of hydrogen-bond acceptors (Lipinski definition) is 7. The van der Waals surface area contributed by atoms with Crippen LogP contribution in [-0.2, 0) is 11.2 Å². The quantitative estimate of drug-likeness (QED) is 0.213. The van der Waals surface area contributed by atoms with Crippen LogP contribution in [0.4, 0.5) is 23.7 Å². The third-order valence-electron chi connectivity index (χ3n) is 7.01. The molecule has 3 aromatic carbocycles. The average Bonchev–Trinajstić information content (AvgIpc) is 3.63. The second-order valence-corrected chi connectivity index (χ2v) is 11.7. The number of carbonyl (C=O) groups excluding carboxylic acids is 2. The number of ether oxygens (including phenoxy) is 2. The second-order valence-electron chi connectivity index (χ2n) is 10.8. The Morgan fingerprint density at radius 1 is 1.04 bits per heavy atom. The molecule has 240 valence electrons. The van der Waals surface area contributed by atoms with Gasteiger partial charge in [-0.1, -0.05) is 55.9 Å². The van der Waals surface area contributed by atoms with Crippen molar-refractivity contribution in [1.82, 2.24) is 20.1 Å². The number of halogens is 3. The average molecular weight is 653 g/mol. The van der Waals surface area contributed by atoms with Gasteiger partial charge in [0.15, 0.2) is 11.0 Å². The van der Waals surface area contributed by atoms with Crippen LogP contribution in [0.5, 0.6) is 11.5 Å². The molecule has 3 amide bonds. The van der Waals surface area contributed by atoms with E-state index in [1.165, 1.54) is 51.9 Å². The number of carbonyl (C=O) groups is 2. The maximum atomic E-state index is 12.9. The van der Waals surface area contributed by atoms with Crippen molar-refractivity contribution in [3.05, 3.63) is 84.2 Å². The molecule has 5 rings (SSSR count). The van der Waals surface area contributed by atoms with Gasteiger partial charge in [-0.2, -0.15) is 4.99 Å². The molecule has 0 bridgehead atoms. The number of nitrogens with zero attached hydrogens (tertiary/aromatic N) is 5. The van der Waals surface area contributed by atoms with Gasteiger partial charge < -0.3 is 14.8 Å². The van der Waals surface area contributed by atoms with E-state index < -0.39 is 12.4 Å². The van der Waals surface area contributed by atoms with Gasteiger partial charge in [0, 0.05) is 17.7 Å². The first-order chi connectivity index (χ1) is 21.9. The van der Waals surface area contributed by atoms with Crippen molar-refractivity contribution >= 4 is 34.6 Å². The zero-order valence-corrected chi connectivity index (χ0v) is 26.2. The molecule has 0 spiro atoms. The predicted molar refractivity (Wildman–Crippen MR) is 170 cm³/mol. The van der Waals surface area contributed by atoms with E-state index >= 15 is 0 Å². The molecule has 46 heavy (non-hydrogen) atoms. The monoisotopic (exact) mass is 652 g/mol. The predicted octanol–water partition coefficient (Wildman–Crippen LogP) is 6.74. The van der Waals surface area contributed by atoms with Crippen LogP contribution in [0.2, 0.25) is 0 Å². The number of alkyl halides is 3. The summed E-state index contributed by atoms with van der Waals surface area (Å²) < 4.78 is 48.0. The van der Waals surface area contributed by atoms with E-state index in [0.717, 1.165) is 16.7 Å². The number of aliphatic imine (C=N–C) groups is 1. The van der Waals surface area contributed by atoms with Gasteiger partial charge in [0.25, 0.3) is 0 Å². The minimum absolute atomic E-state index is 0.134. The molecule has 1 aliphatic rings. The summed E-state index contributed by atoms with van der Waals surface area (Å²) in [5.41, 5.74) is 3.80. The van der Waals surface area contributed by atoms with E-state index in [-0.39, 0.29) is 29.4 Å². The summed E-state index contributed by atoms with van der Waals surface area (Å²) in [6, 6.07) is 17.5. The van der Waals surface area contributed by atoms with Crippen LogP contribution >= 0.6 is 11.8 Å². The van der Waals surface area contributed by atoms with Crippen LogP contribution in [0, 0.1) is 0 Å². The minimum Gasteiger partial charge on any atom is -0.497 e. The number of methoxy groups -OCH3 is 1. The number of thioether (sulfide) groups is 1. The summed E-state index contributed by atoms with van der Waals surface area (Å²) in [5, 5.41) is 7.62. The lowest BCUT2D eigenvalue weighted by Crippen LogP contribution is -2.35. The van der Waals surface area contributed by atoms with Crippen molar-refractivity contribution in [3.63, 3.8) is 0 Å². The van der Waals surface area contributed by atoms with Gasteiger partial charge in [-0.15, -0.1) is 18.3 Å². The van der Waals surface area contributed by atoms with E-state index in [0.29, 0.717) is 34.5 Å². The van der Waals surface area contributed by atoms with Crippen LogP contribution in [0.1, 0.15) is 37.8 Å². The summed E-state index contributed by atoms with van der Waals surface area (Å²) in [4.78, 5) is 35.8. The lowest BCUT2D eigenvalue weighted by atomic mass is 10.00. The van der Waals surface area contributed by atoms with Gasteiger partial charge in [0.2, 0.25) is 5.91 Å². The molecular formula is C32H31F3N6O4S. The Balaban J connectivity index is 1.21. The smallest absolute Gasteiger partial charge is 0.497 e. The van der Waals surface area contributed by atoms with Crippen molar-refractivity contribution in [2.24, 2.45) is 4.99 Å². The molecule has 4 aromatic rings. The number of anilines is 1. The summed E-state index contributed by atoms with van der Waals surface area (Å²) in [6.45, 7) is 5.93. The first-order valence-electron chi connectivity index (χ1n) is 14.3. The van der Waals surface area contributed by atoms with Crippen LogP contribution in [0.3, 0.4) is 0 Å². The number of urea groups is 1. The molecular weight excluding hydrogens is 621 g/mol. The van der Waals surface area contributed by atoms with Crippen LogP contribution in [0.25, 0.3) is 17.1 Å². The van der Waals surface area contributed by atoms with Gasteiger partial charge in [-0.05, 0) is 60.7 Å².